The molecule has 0 amide bonds. The van der Waals surface area contributed by atoms with Gasteiger partial charge in [0.15, 0.2) is 0 Å². The maximum atomic E-state index is 10.5. The maximum absolute atomic E-state index is 10.5. The molecule has 3 aromatic carbocycles. The Labute approximate surface area is 223 Å². The number of hydrogen-bond acceptors (Lipinski definition) is 3. The van der Waals surface area contributed by atoms with Crippen LogP contribution >= 0.6 is 0 Å². The first-order valence-corrected chi connectivity index (χ1v) is 13.6. The number of carbonyl (C=O) groups excluding carboxylic acids is 1. The van der Waals surface area contributed by atoms with Crippen molar-refractivity contribution in [2.75, 3.05) is 0 Å². The standard InChI is InChI=1S/C34H44O3/c1-8-34(9-2,29-16-14-27(24(3)20-29)15-19-32(36)33(5,6)7)30-17-18-31(25(4)21-30)28-12-10-26(11-13-28)22-37-23-35/h10-14,16-18,20-21,23,32,36H,8-9,15,19,22H2,1-7H3. The number of carbonyl (C=O) groups is 1. The molecule has 0 radical (unpaired) electrons. The van der Waals surface area contributed by atoms with Crippen molar-refractivity contribution in [3.63, 3.8) is 0 Å². The largest absolute Gasteiger partial charge is 0.463 e. The minimum atomic E-state index is -0.306. The third kappa shape index (κ3) is 6.51. The highest BCUT2D eigenvalue weighted by Gasteiger charge is 2.31. The molecule has 0 heterocycles. The van der Waals surface area contributed by atoms with Crippen LogP contribution in [-0.2, 0) is 28.0 Å². The summed E-state index contributed by atoms with van der Waals surface area (Å²) in [6.45, 7) is 16.0. The predicted octanol–water partition coefficient (Wildman–Crippen LogP) is 8.09. The Morgan fingerprint density at radius 1 is 0.865 bits per heavy atom. The van der Waals surface area contributed by atoms with E-state index in [4.69, 9.17) is 4.74 Å². The summed E-state index contributed by atoms with van der Waals surface area (Å²) in [5.74, 6) is 0. The van der Waals surface area contributed by atoms with E-state index >= 15 is 0 Å². The summed E-state index contributed by atoms with van der Waals surface area (Å²) >= 11 is 0. The molecule has 3 heteroatoms. The molecule has 0 spiro atoms. The van der Waals surface area contributed by atoms with E-state index < -0.39 is 0 Å². The van der Waals surface area contributed by atoms with Gasteiger partial charge in [-0.05, 0) is 89.5 Å². The summed E-state index contributed by atoms with van der Waals surface area (Å²) in [6.07, 6.45) is 3.41. The first kappa shape index (κ1) is 28.7. The molecular weight excluding hydrogens is 456 g/mol. The number of benzene rings is 3. The normalized spacial score (nSPS) is 12.9. The fourth-order valence-corrected chi connectivity index (χ4v) is 5.43. The zero-order valence-electron chi connectivity index (χ0n) is 23.7. The van der Waals surface area contributed by atoms with Crippen LogP contribution in [0.2, 0.25) is 0 Å². The third-order valence-electron chi connectivity index (χ3n) is 8.15. The van der Waals surface area contributed by atoms with Crippen LogP contribution in [0.25, 0.3) is 11.1 Å². The molecule has 0 aromatic heterocycles. The van der Waals surface area contributed by atoms with Gasteiger partial charge in [-0.3, -0.25) is 4.79 Å². The van der Waals surface area contributed by atoms with Crippen LogP contribution in [0.15, 0.2) is 60.7 Å². The zero-order valence-corrected chi connectivity index (χ0v) is 23.7. The summed E-state index contributed by atoms with van der Waals surface area (Å²) in [5.41, 5.74) is 9.81. The lowest BCUT2D eigenvalue weighted by molar-refractivity contribution is -0.129. The Morgan fingerprint density at radius 2 is 1.46 bits per heavy atom. The molecule has 0 aliphatic heterocycles. The second kappa shape index (κ2) is 12.1. The SMILES string of the molecule is CCC(CC)(c1ccc(CCC(O)C(C)(C)C)c(C)c1)c1ccc(-c2ccc(COC=O)cc2)c(C)c1. The number of aliphatic hydroxyl groups is 1. The second-order valence-corrected chi connectivity index (χ2v) is 11.5. The Morgan fingerprint density at radius 3 is 1.97 bits per heavy atom. The van der Waals surface area contributed by atoms with Crippen molar-refractivity contribution in [1.29, 1.82) is 0 Å². The minimum absolute atomic E-state index is 0.0481. The van der Waals surface area contributed by atoms with Crippen LogP contribution < -0.4 is 0 Å². The number of hydrogen-bond donors (Lipinski definition) is 1. The van der Waals surface area contributed by atoms with Gasteiger partial charge in [0.2, 0.25) is 0 Å². The van der Waals surface area contributed by atoms with Crippen molar-refractivity contribution >= 4 is 6.47 Å². The predicted molar refractivity (Wildman–Crippen MR) is 154 cm³/mol. The molecule has 37 heavy (non-hydrogen) atoms. The van der Waals surface area contributed by atoms with Gasteiger partial charge in [0.05, 0.1) is 6.10 Å². The Bertz CT molecular complexity index is 1180. The van der Waals surface area contributed by atoms with Crippen molar-refractivity contribution in [3.8, 4) is 11.1 Å². The quantitative estimate of drug-likeness (QED) is 0.271. The van der Waals surface area contributed by atoms with Crippen molar-refractivity contribution in [3.05, 3.63) is 94.0 Å². The molecular formula is C34H44O3. The molecule has 0 fully saturated rings. The molecule has 0 saturated heterocycles. The molecule has 1 unspecified atom stereocenters. The highest BCUT2D eigenvalue weighted by molar-refractivity contribution is 5.68. The molecule has 198 valence electrons. The number of ether oxygens (including phenoxy) is 1. The molecule has 3 rings (SSSR count). The summed E-state index contributed by atoms with van der Waals surface area (Å²) in [6, 6.07) is 22.1. The van der Waals surface area contributed by atoms with Crippen LogP contribution in [-0.4, -0.2) is 17.7 Å². The van der Waals surface area contributed by atoms with E-state index in [0.717, 1.165) is 36.8 Å². The molecule has 0 bridgehead atoms. The monoisotopic (exact) mass is 500 g/mol. The van der Waals surface area contributed by atoms with Crippen LogP contribution in [0.5, 0.6) is 0 Å². The highest BCUT2D eigenvalue weighted by atomic mass is 16.5. The summed E-state index contributed by atoms with van der Waals surface area (Å²) in [7, 11) is 0. The van der Waals surface area contributed by atoms with Gasteiger partial charge in [-0.15, -0.1) is 0 Å². The summed E-state index contributed by atoms with van der Waals surface area (Å²) < 4.78 is 4.87. The van der Waals surface area contributed by atoms with Gasteiger partial charge >= 0.3 is 0 Å². The van der Waals surface area contributed by atoms with E-state index in [0.29, 0.717) is 13.1 Å². The van der Waals surface area contributed by atoms with Crippen LogP contribution in [0, 0.1) is 19.3 Å². The van der Waals surface area contributed by atoms with Gasteiger partial charge in [0.25, 0.3) is 6.47 Å². The summed E-state index contributed by atoms with van der Waals surface area (Å²) in [4.78, 5) is 10.5. The first-order chi connectivity index (χ1) is 17.6. The van der Waals surface area contributed by atoms with Crippen LogP contribution in [0.1, 0.15) is 87.3 Å². The molecule has 1 atom stereocenters. The molecule has 1 N–H and O–H groups in total. The van der Waals surface area contributed by atoms with Gasteiger partial charge in [-0.25, -0.2) is 0 Å². The summed E-state index contributed by atoms with van der Waals surface area (Å²) in [5, 5.41) is 10.5. The highest BCUT2D eigenvalue weighted by Crippen LogP contribution is 2.41. The smallest absolute Gasteiger partial charge is 0.293 e. The van der Waals surface area contributed by atoms with Gasteiger partial charge in [-0.2, -0.15) is 0 Å². The van der Waals surface area contributed by atoms with E-state index in [1.807, 2.05) is 12.1 Å². The molecule has 0 aliphatic rings. The van der Waals surface area contributed by atoms with E-state index in [1.165, 1.54) is 33.4 Å². The zero-order chi connectivity index (χ0) is 27.2. The van der Waals surface area contributed by atoms with Gasteiger partial charge in [0.1, 0.15) is 6.61 Å². The third-order valence-corrected chi connectivity index (χ3v) is 8.15. The fraction of sp³-hybridized carbons (Fsp3) is 0.441. The van der Waals surface area contributed by atoms with Gasteiger partial charge in [0, 0.05) is 5.41 Å². The van der Waals surface area contributed by atoms with Gasteiger partial charge < -0.3 is 9.84 Å². The molecule has 0 saturated carbocycles. The van der Waals surface area contributed by atoms with E-state index in [9.17, 15) is 9.90 Å². The van der Waals surface area contributed by atoms with Crippen molar-refractivity contribution in [1.82, 2.24) is 0 Å². The topological polar surface area (TPSA) is 46.5 Å². The Balaban J connectivity index is 1.89. The Hall–Kier alpha value is -2.91. The maximum Gasteiger partial charge on any atom is 0.293 e. The van der Waals surface area contributed by atoms with Crippen LogP contribution in [0.4, 0.5) is 0 Å². The first-order valence-electron chi connectivity index (χ1n) is 13.6. The van der Waals surface area contributed by atoms with Crippen LogP contribution in [0.3, 0.4) is 0 Å². The van der Waals surface area contributed by atoms with E-state index in [2.05, 4.69) is 97.0 Å². The Kier molecular flexibility index (Phi) is 9.36. The van der Waals surface area contributed by atoms with E-state index in [1.54, 1.807) is 0 Å². The van der Waals surface area contributed by atoms with Crippen molar-refractivity contribution < 1.29 is 14.6 Å². The minimum Gasteiger partial charge on any atom is -0.463 e. The molecule has 3 nitrogen and oxygen atoms in total. The lowest BCUT2D eigenvalue weighted by Crippen LogP contribution is -2.27. The van der Waals surface area contributed by atoms with Crippen molar-refractivity contribution in [2.45, 2.75) is 92.3 Å². The number of aryl methyl sites for hydroxylation is 3. The van der Waals surface area contributed by atoms with Gasteiger partial charge in [-0.1, -0.05) is 95.3 Å². The second-order valence-electron chi connectivity index (χ2n) is 11.5. The number of rotatable bonds is 11. The van der Waals surface area contributed by atoms with E-state index in [-0.39, 0.29) is 16.9 Å². The lowest BCUT2D eigenvalue weighted by Gasteiger charge is -2.34. The number of aliphatic hydroxyl groups excluding tert-OH is 1. The molecule has 0 aliphatic carbocycles. The average molecular weight is 501 g/mol. The fourth-order valence-electron chi connectivity index (χ4n) is 5.43. The molecule has 3 aromatic rings. The average Bonchev–Trinajstić information content (AvgIpc) is 2.88. The van der Waals surface area contributed by atoms with Crippen molar-refractivity contribution in [2.24, 2.45) is 5.41 Å². The lowest BCUT2D eigenvalue weighted by atomic mass is 9.69.